The number of ether oxygens (including phenoxy) is 2. The second-order valence-electron chi connectivity index (χ2n) is 4.27. The normalized spacial score (nSPS) is 13.4. The molecule has 24 heavy (non-hydrogen) atoms. The van der Waals surface area contributed by atoms with E-state index in [4.69, 9.17) is 0 Å². The quantitative estimate of drug-likeness (QED) is 0.285. The van der Waals surface area contributed by atoms with Gasteiger partial charge in [0.25, 0.3) is 0 Å². The van der Waals surface area contributed by atoms with E-state index >= 15 is 0 Å². The fraction of sp³-hybridized carbons (Fsp3) is 0.500. The van der Waals surface area contributed by atoms with Gasteiger partial charge in [-0.05, 0) is 0 Å². The van der Waals surface area contributed by atoms with Crippen LogP contribution in [0.25, 0.3) is 0 Å². The summed E-state index contributed by atoms with van der Waals surface area (Å²) >= 11 is 0. The zero-order chi connectivity index (χ0) is 19.6. The Morgan fingerprint density at radius 2 is 1.17 bits per heavy atom. The molecule has 0 atom stereocenters. The molecule has 4 nitrogen and oxygen atoms in total. The third-order valence-electron chi connectivity index (χ3n) is 2.44. The van der Waals surface area contributed by atoms with Crippen LogP contribution in [0.5, 0.6) is 0 Å². The van der Waals surface area contributed by atoms with Crippen molar-refractivity contribution in [1.82, 2.24) is 0 Å². The molecule has 0 N–H and O–H groups in total. The third-order valence-corrected chi connectivity index (χ3v) is 2.44. The van der Waals surface area contributed by atoms with Crippen LogP contribution in [0.4, 0.5) is 35.1 Å². The summed E-state index contributed by atoms with van der Waals surface area (Å²) in [5.74, 6) is -28.9. The monoisotopic (exact) mass is 370 g/mol. The van der Waals surface area contributed by atoms with Crippen LogP contribution < -0.4 is 0 Å². The number of hydrogen-bond donors (Lipinski definition) is 0. The minimum Gasteiger partial charge on any atom is -0.415 e. The summed E-state index contributed by atoms with van der Waals surface area (Å²) in [5, 5.41) is 0. The van der Waals surface area contributed by atoms with Crippen molar-refractivity contribution in [2.45, 2.75) is 36.9 Å². The molecule has 0 saturated carbocycles. The largest absolute Gasteiger partial charge is 0.415 e. The van der Waals surface area contributed by atoms with E-state index in [1.165, 1.54) is 0 Å². The summed E-state index contributed by atoms with van der Waals surface area (Å²) in [4.78, 5) is 21.7. The van der Waals surface area contributed by atoms with Crippen LogP contribution in [0.1, 0.15) is 6.92 Å². The van der Waals surface area contributed by atoms with Crippen LogP contribution >= 0.6 is 0 Å². The van der Waals surface area contributed by atoms with Crippen molar-refractivity contribution >= 4 is 11.9 Å². The van der Waals surface area contributed by atoms with Crippen molar-refractivity contribution in [2.24, 2.45) is 0 Å². The molecule has 0 aliphatic heterocycles. The average Bonchev–Trinajstić information content (AvgIpc) is 2.44. The zero-order valence-electron chi connectivity index (χ0n) is 11.8. The molecule has 0 aliphatic carbocycles. The maximum Gasteiger partial charge on any atom is 0.388 e. The lowest BCUT2D eigenvalue weighted by Gasteiger charge is -2.37. The lowest BCUT2D eigenvalue weighted by atomic mass is 9.99. The Morgan fingerprint density at radius 3 is 1.42 bits per heavy atom. The fourth-order valence-electron chi connectivity index (χ4n) is 1.11. The lowest BCUT2D eigenvalue weighted by molar-refractivity contribution is -0.393. The standard InChI is InChI=1S/C12H10F8O4/c1-4-6(21)23-8(24-7(22)5-2)10(15,16)12(19,20)11(17,18)9(3,13)14/h4-5,8H,1-2H2,3H3. The summed E-state index contributed by atoms with van der Waals surface area (Å²) < 4.78 is 113. The topological polar surface area (TPSA) is 52.6 Å². The van der Waals surface area contributed by atoms with Crippen molar-refractivity contribution in [2.75, 3.05) is 0 Å². The Morgan fingerprint density at radius 1 is 0.833 bits per heavy atom. The maximum absolute atomic E-state index is 13.7. The Balaban J connectivity index is 6.03. The minimum absolute atomic E-state index is 0.148. The smallest absolute Gasteiger partial charge is 0.388 e. The van der Waals surface area contributed by atoms with Crippen LogP contribution in [-0.4, -0.2) is 41.9 Å². The van der Waals surface area contributed by atoms with Crippen LogP contribution in [-0.2, 0) is 19.1 Å². The van der Waals surface area contributed by atoms with Gasteiger partial charge in [-0.3, -0.25) is 0 Å². The molecule has 0 heterocycles. The van der Waals surface area contributed by atoms with Gasteiger partial charge in [0, 0.05) is 19.1 Å². The Kier molecular flexibility index (Phi) is 6.17. The second kappa shape index (κ2) is 6.77. The van der Waals surface area contributed by atoms with E-state index in [0.29, 0.717) is 0 Å². The van der Waals surface area contributed by atoms with Crippen molar-refractivity contribution in [3.8, 4) is 0 Å². The molecule has 0 aromatic heterocycles. The van der Waals surface area contributed by atoms with E-state index in [-0.39, 0.29) is 12.2 Å². The Hall–Kier alpha value is -2.14. The lowest BCUT2D eigenvalue weighted by Crippen LogP contribution is -2.65. The molecule has 0 bridgehead atoms. The number of esters is 2. The highest BCUT2D eigenvalue weighted by Gasteiger charge is 2.82. The van der Waals surface area contributed by atoms with Gasteiger partial charge in [0.2, 0.25) is 0 Å². The molecule has 0 rings (SSSR count). The predicted octanol–water partition coefficient (Wildman–Crippen LogP) is 3.33. The molecule has 0 amide bonds. The van der Waals surface area contributed by atoms with Gasteiger partial charge in [-0.15, -0.1) is 0 Å². The number of alkyl halides is 8. The molecule has 0 aliphatic rings. The van der Waals surface area contributed by atoms with Crippen molar-refractivity contribution in [3.63, 3.8) is 0 Å². The SMILES string of the molecule is C=CC(=O)OC(OC(=O)C=C)C(F)(F)C(F)(F)C(F)(F)C(C)(F)F. The van der Waals surface area contributed by atoms with Crippen molar-refractivity contribution < 1.29 is 54.2 Å². The molecular formula is C12H10F8O4. The summed E-state index contributed by atoms with van der Waals surface area (Å²) in [6.07, 6.45) is -3.65. The van der Waals surface area contributed by atoms with Crippen LogP contribution in [0.2, 0.25) is 0 Å². The second-order valence-corrected chi connectivity index (χ2v) is 4.27. The van der Waals surface area contributed by atoms with E-state index in [1.807, 2.05) is 0 Å². The van der Waals surface area contributed by atoms with Gasteiger partial charge < -0.3 is 9.47 Å². The predicted molar refractivity (Wildman–Crippen MR) is 61.8 cm³/mol. The molecule has 0 spiro atoms. The van der Waals surface area contributed by atoms with Crippen molar-refractivity contribution in [1.29, 1.82) is 0 Å². The van der Waals surface area contributed by atoms with E-state index in [1.54, 1.807) is 0 Å². The first-order valence-electron chi connectivity index (χ1n) is 5.73. The highest BCUT2D eigenvalue weighted by Crippen LogP contribution is 2.54. The first-order valence-corrected chi connectivity index (χ1v) is 5.73. The van der Waals surface area contributed by atoms with Gasteiger partial charge in [0.15, 0.2) is 0 Å². The van der Waals surface area contributed by atoms with Crippen LogP contribution in [0.3, 0.4) is 0 Å². The van der Waals surface area contributed by atoms with Gasteiger partial charge in [-0.25, -0.2) is 9.59 Å². The highest BCUT2D eigenvalue weighted by molar-refractivity contribution is 5.83. The van der Waals surface area contributed by atoms with Gasteiger partial charge in [-0.2, -0.15) is 35.1 Å². The van der Waals surface area contributed by atoms with Crippen molar-refractivity contribution in [3.05, 3.63) is 25.3 Å². The molecule has 0 fully saturated rings. The summed E-state index contributed by atoms with van der Waals surface area (Å²) in [5.41, 5.74) is 0. The number of rotatable bonds is 8. The Labute approximate surface area is 129 Å². The van der Waals surface area contributed by atoms with Crippen LogP contribution in [0.15, 0.2) is 25.3 Å². The molecule has 138 valence electrons. The zero-order valence-corrected chi connectivity index (χ0v) is 11.8. The molecule has 0 aromatic carbocycles. The summed E-state index contributed by atoms with van der Waals surface area (Å²) in [6.45, 7) is 4.69. The summed E-state index contributed by atoms with van der Waals surface area (Å²) in [6, 6.07) is 0. The molecule has 0 aromatic rings. The minimum atomic E-state index is -6.77. The average molecular weight is 370 g/mol. The number of carbonyl (C=O) groups excluding carboxylic acids is 2. The number of carbonyl (C=O) groups is 2. The first-order chi connectivity index (χ1) is 10.6. The maximum atomic E-state index is 13.7. The van der Waals surface area contributed by atoms with E-state index in [2.05, 4.69) is 22.6 Å². The van der Waals surface area contributed by atoms with Gasteiger partial charge in [-0.1, -0.05) is 13.2 Å². The molecule has 0 unspecified atom stereocenters. The van der Waals surface area contributed by atoms with Gasteiger partial charge in [0.05, 0.1) is 0 Å². The number of halogens is 8. The van der Waals surface area contributed by atoms with E-state index < -0.39 is 48.8 Å². The summed E-state index contributed by atoms with van der Waals surface area (Å²) in [7, 11) is 0. The van der Waals surface area contributed by atoms with Crippen LogP contribution in [0, 0.1) is 0 Å². The number of hydrogen-bond acceptors (Lipinski definition) is 4. The molecule has 12 heteroatoms. The molecule has 0 radical (unpaired) electrons. The van der Waals surface area contributed by atoms with E-state index in [0.717, 1.165) is 0 Å². The van der Waals surface area contributed by atoms with Gasteiger partial charge in [0.1, 0.15) is 0 Å². The fourth-order valence-corrected chi connectivity index (χ4v) is 1.11. The third kappa shape index (κ3) is 3.85. The Bertz CT molecular complexity index is 502. The highest BCUT2D eigenvalue weighted by atomic mass is 19.4. The van der Waals surface area contributed by atoms with E-state index in [9.17, 15) is 44.7 Å². The molecule has 0 saturated heterocycles. The van der Waals surface area contributed by atoms with Gasteiger partial charge >= 0.3 is 41.9 Å². The molecular weight excluding hydrogens is 360 g/mol. The first kappa shape index (κ1) is 21.9.